The summed E-state index contributed by atoms with van der Waals surface area (Å²) in [6.45, 7) is 3.05. The monoisotopic (exact) mass is 474 g/mol. The first-order chi connectivity index (χ1) is 16.3. The molecule has 1 fully saturated rings. The normalized spacial score (nSPS) is 16.6. The summed E-state index contributed by atoms with van der Waals surface area (Å²) in [5.74, 6) is 0.952. The number of nitrogens with one attached hydrogen (secondary N) is 1. The van der Waals surface area contributed by atoms with E-state index in [1.807, 2.05) is 0 Å². The molecule has 180 valence electrons. The van der Waals surface area contributed by atoms with Crippen LogP contribution in [0, 0.1) is 0 Å². The number of ether oxygens (including phenoxy) is 1. The van der Waals surface area contributed by atoms with Gasteiger partial charge in [0.2, 0.25) is 0 Å². The van der Waals surface area contributed by atoms with Gasteiger partial charge >= 0.3 is 6.18 Å². The van der Waals surface area contributed by atoms with Gasteiger partial charge < -0.3 is 20.1 Å². The van der Waals surface area contributed by atoms with Crippen LogP contribution in [-0.4, -0.2) is 58.6 Å². The molecule has 10 heteroatoms. The van der Waals surface area contributed by atoms with Gasteiger partial charge in [0, 0.05) is 37.1 Å². The maximum Gasteiger partial charge on any atom is 0.416 e. The van der Waals surface area contributed by atoms with Crippen molar-refractivity contribution in [1.29, 1.82) is 0 Å². The topological polar surface area (TPSA) is 87.6 Å². The molecule has 1 saturated heterocycles. The molecule has 3 aromatic rings. The Morgan fingerprint density at radius 3 is 2.68 bits per heavy atom. The zero-order valence-corrected chi connectivity index (χ0v) is 18.4. The van der Waals surface area contributed by atoms with Crippen molar-refractivity contribution in [3.05, 3.63) is 59.4 Å². The molecule has 2 heterocycles. The number of β-amino-alcohol motifs (C(OH)–C–C–N with tert-alkyl or cyclic N) is 1. The van der Waals surface area contributed by atoms with Crippen molar-refractivity contribution < 1.29 is 27.8 Å². The fraction of sp³-hybridized carbons (Fsp3) is 0.375. The van der Waals surface area contributed by atoms with Gasteiger partial charge in [-0.3, -0.25) is 4.79 Å². The number of hydrogen-bond donors (Lipinski definition) is 2. The summed E-state index contributed by atoms with van der Waals surface area (Å²) in [6, 6.07) is 8.26. The summed E-state index contributed by atoms with van der Waals surface area (Å²) < 4.78 is 44.2. The molecular weight excluding hydrogens is 449 g/mol. The van der Waals surface area contributed by atoms with Crippen LogP contribution in [0.15, 0.2) is 42.7 Å². The Morgan fingerprint density at radius 2 is 2.00 bits per heavy atom. The molecule has 0 saturated carbocycles. The quantitative estimate of drug-likeness (QED) is 0.359. The molecule has 1 atom stereocenters. The first-order valence-electron chi connectivity index (χ1n) is 11.0. The van der Waals surface area contributed by atoms with Crippen LogP contribution in [0.5, 0.6) is 5.75 Å². The summed E-state index contributed by atoms with van der Waals surface area (Å²) in [5, 5.41) is 13.3. The highest BCUT2D eigenvalue weighted by atomic mass is 19.4. The zero-order chi connectivity index (χ0) is 24.1. The number of benzene rings is 2. The van der Waals surface area contributed by atoms with Crippen LogP contribution in [0.1, 0.15) is 34.3 Å². The van der Waals surface area contributed by atoms with E-state index in [2.05, 4.69) is 20.2 Å². The number of rotatable bonds is 9. The van der Waals surface area contributed by atoms with Crippen LogP contribution < -0.4 is 10.1 Å². The Labute approximate surface area is 194 Å². The van der Waals surface area contributed by atoms with Crippen molar-refractivity contribution in [2.24, 2.45) is 0 Å². The second-order valence-corrected chi connectivity index (χ2v) is 8.24. The predicted molar refractivity (Wildman–Crippen MR) is 121 cm³/mol. The molecule has 0 bridgehead atoms. The Kier molecular flexibility index (Phi) is 7.28. The maximum absolute atomic E-state index is 12.8. The fourth-order valence-electron chi connectivity index (χ4n) is 3.97. The molecule has 0 aliphatic carbocycles. The third-order valence-corrected chi connectivity index (χ3v) is 5.74. The van der Waals surface area contributed by atoms with Gasteiger partial charge in [-0.1, -0.05) is 12.1 Å². The number of fused-ring (bicyclic) bond motifs is 1. The molecule has 1 aromatic heterocycles. The molecular formula is C24H25F3N4O3. The smallest absolute Gasteiger partial charge is 0.416 e. The lowest BCUT2D eigenvalue weighted by Crippen LogP contribution is -2.24. The van der Waals surface area contributed by atoms with Crippen molar-refractivity contribution in [3.8, 4) is 5.75 Å². The SMILES string of the molecule is O=Cc1cc(OCCCN2CCC(O)C2)cc2c(NCc3ccc(C(F)(F)F)cc3)ncnc12. The highest BCUT2D eigenvalue weighted by Gasteiger charge is 2.29. The van der Waals surface area contributed by atoms with E-state index < -0.39 is 11.7 Å². The van der Waals surface area contributed by atoms with Gasteiger partial charge in [-0.25, -0.2) is 9.97 Å². The summed E-state index contributed by atoms with van der Waals surface area (Å²) in [4.78, 5) is 22.3. The lowest BCUT2D eigenvalue weighted by Gasteiger charge is -2.15. The summed E-state index contributed by atoms with van der Waals surface area (Å²) >= 11 is 0. The van der Waals surface area contributed by atoms with Crippen LogP contribution in [0.3, 0.4) is 0 Å². The van der Waals surface area contributed by atoms with Gasteiger partial charge in [-0.05, 0) is 42.7 Å². The molecule has 1 aliphatic heterocycles. The van der Waals surface area contributed by atoms with E-state index in [4.69, 9.17) is 4.74 Å². The lowest BCUT2D eigenvalue weighted by atomic mass is 10.1. The molecule has 1 unspecified atom stereocenters. The maximum atomic E-state index is 12.8. The number of carbonyl (C=O) groups is 1. The fourth-order valence-corrected chi connectivity index (χ4v) is 3.97. The number of aromatic nitrogens is 2. The van der Waals surface area contributed by atoms with E-state index in [1.54, 1.807) is 12.1 Å². The highest BCUT2D eigenvalue weighted by Crippen LogP contribution is 2.30. The number of nitrogens with zero attached hydrogens (tertiary/aromatic N) is 3. The van der Waals surface area contributed by atoms with Gasteiger partial charge in [0.1, 0.15) is 17.9 Å². The lowest BCUT2D eigenvalue weighted by molar-refractivity contribution is -0.137. The number of alkyl halides is 3. The first-order valence-corrected chi connectivity index (χ1v) is 11.0. The van der Waals surface area contributed by atoms with Crippen LogP contribution in [0.2, 0.25) is 0 Å². The Hall–Kier alpha value is -3.24. The summed E-state index contributed by atoms with van der Waals surface area (Å²) in [5.41, 5.74) is 0.755. The molecule has 0 amide bonds. The van der Waals surface area contributed by atoms with Gasteiger partial charge in [0.15, 0.2) is 6.29 Å². The van der Waals surface area contributed by atoms with Crippen molar-refractivity contribution in [2.45, 2.75) is 31.7 Å². The number of aliphatic hydroxyl groups excluding tert-OH is 1. The number of aliphatic hydroxyl groups is 1. The second-order valence-electron chi connectivity index (χ2n) is 8.24. The minimum Gasteiger partial charge on any atom is -0.493 e. The molecule has 1 aliphatic rings. The van der Waals surface area contributed by atoms with Crippen LogP contribution >= 0.6 is 0 Å². The number of likely N-dealkylation sites (tertiary alicyclic amines) is 1. The standard InChI is InChI=1S/C24H25F3N4O3/c25-24(26,27)18-4-2-16(3-5-18)12-28-23-21-11-20(10-17(14-32)22(21)29-15-30-23)34-9-1-7-31-8-6-19(33)13-31/h2-5,10-11,14-15,19,33H,1,6-9,12-13H2,(H,28,29,30). The van der Waals surface area contributed by atoms with E-state index in [-0.39, 0.29) is 12.6 Å². The molecule has 34 heavy (non-hydrogen) atoms. The number of aldehydes is 1. The molecule has 0 spiro atoms. The van der Waals surface area contributed by atoms with E-state index in [0.717, 1.165) is 38.1 Å². The molecule has 4 rings (SSSR count). The van der Waals surface area contributed by atoms with E-state index in [0.29, 0.717) is 53.0 Å². The molecule has 0 radical (unpaired) electrons. The number of anilines is 1. The summed E-state index contributed by atoms with van der Waals surface area (Å²) in [7, 11) is 0. The van der Waals surface area contributed by atoms with Crippen molar-refractivity contribution in [1.82, 2.24) is 14.9 Å². The van der Waals surface area contributed by atoms with Crippen molar-refractivity contribution in [2.75, 3.05) is 31.6 Å². The molecule has 2 N–H and O–H groups in total. The van der Waals surface area contributed by atoms with E-state index in [9.17, 15) is 23.1 Å². The minimum absolute atomic E-state index is 0.243. The van der Waals surface area contributed by atoms with E-state index >= 15 is 0 Å². The minimum atomic E-state index is -4.38. The summed E-state index contributed by atoms with van der Waals surface area (Å²) in [6.07, 6.45) is -1.05. The number of halogens is 3. The van der Waals surface area contributed by atoms with Gasteiger partial charge in [0.05, 0.1) is 23.8 Å². The third-order valence-electron chi connectivity index (χ3n) is 5.74. The van der Waals surface area contributed by atoms with Crippen molar-refractivity contribution >= 4 is 23.0 Å². The van der Waals surface area contributed by atoms with E-state index in [1.165, 1.54) is 18.5 Å². The molecule has 2 aromatic carbocycles. The third kappa shape index (κ3) is 5.81. The molecule has 7 nitrogen and oxygen atoms in total. The van der Waals surface area contributed by atoms with Crippen LogP contribution in [0.25, 0.3) is 10.9 Å². The van der Waals surface area contributed by atoms with Gasteiger partial charge in [0.25, 0.3) is 0 Å². The zero-order valence-electron chi connectivity index (χ0n) is 18.4. The average Bonchev–Trinajstić information content (AvgIpc) is 3.24. The largest absolute Gasteiger partial charge is 0.493 e. The van der Waals surface area contributed by atoms with Crippen LogP contribution in [0.4, 0.5) is 19.0 Å². The number of carbonyl (C=O) groups excluding carboxylic acids is 1. The first kappa shape index (κ1) is 23.9. The highest BCUT2D eigenvalue weighted by molar-refractivity contribution is 6.00. The Morgan fingerprint density at radius 1 is 1.21 bits per heavy atom. The van der Waals surface area contributed by atoms with Gasteiger partial charge in [-0.2, -0.15) is 13.2 Å². The average molecular weight is 474 g/mol. The second kappa shape index (κ2) is 10.4. The predicted octanol–water partition coefficient (Wildman–Crippen LogP) is 3.91. The van der Waals surface area contributed by atoms with Gasteiger partial charge in [-0.15, -0.1) is 0 Å². The Bertz CT molecular complexity index is 1140. The Balaban J connectivity index is 1.45. The number of hydrogen-bond acceptors (Lipinski definition) is 7. The van der Waals surface area contributed by atoms with Crippen LogP contribution in [-0.2, 0) is 12.7 Å². The van der Waals surface area contributed by atoms with Crippen molar-refractivity contribution in [3.63, 3.8) is 0 Å².